The molecule has 0 saturated heterocycles. The van der Waals surface area contributed by atoms with Crippen molar-refractivity contribution in [2.75, 3.05) is 11.9 Å². The Balaban J connectivity index is 1.75. The highest BCUT2D eigenvalue weighted by molar-refractivity contribution is 6.02. The summed E-state index contributed by atoms with van der Waals surface area (Å²) in [4.78, 5) is 34.9. The van der Waals surface area contributed by atoms with Crippen LogP contribution in [0.5, 0.6) is 0 Å². The molecule has 0 unspecified atom stereocenters. The topological polar surface area (TPSA) is 97.6 Å². The summed E-state index contributed by atoms with van der Waals surface area (Å²) < 4.78 is 9.74. The van der Waals surface area contributed by atoms with Crippen LogP contribution in [-0.4, -0.2) is 24.5 Å². The minimum absolute atomic E-state index is 0.481. The van der Waals surface area contributed by atoms with Crippen molar-refractivity contribution in [3.05, 3.63) is 59.6 Å². The molecule has 0 saturated carbocycles. The largest absolute Gasteiger partial charge is 0.465 e. The van der Waals surface area contributed by atoms with Crippen LogP contribution in [0.15, 0.2) is 47.1 Å². The third-order valence-electron chi connectivity index (χ3n) is 3.16. The molecule has 0 aliphatic carbocycles. The van der Waals surface area contributed by atoms with Crippen LogP contribution >= 0.6 is 0 Å². The van der Waals surface area contributed by atoms with E-state index in [1.165, 1.54) is 12.3 Å². The molecule has 0 aliphatic heterocycles. The number of esters is 1. The van der Waals surface area contributed by atoms with E-state index in [1.807, 2.05) is 26.0 Å². The number of hydrogen-bond donors (Lipinski definition) is 2. The Morgan fingerprint density at radius 1 is 1.20 bits per heavy atom. The first-order valence-corrected chi connectivity index (χ1v) is 7.50. The number of carbonyl (C=O) groups is 3. The molecule has 0 aliphatic rings. The fourth-order valence-corrected chi connectivity index (χ4v) is 1.99. The number of ether oxygens (including phenoxy) is 1. The summed E-state index contributed by atoms with van der Waals surface area (Å²) in [5, 5.41) is 4.65. The van der Waals surface area contributed by atoms with Gasteiger partial charge in [0, 0.05) is 11.8 Å². The molecule has 0 spiro atoms. The van der Waals surface area contributed by atoms with E-state index in [0.29, 0.717) is 11.4 Å². The zero-order chi connectivity index (χ0) is 18.2. The Bertz CT molecular complexity index is 794. The van der Waals surface area contributed by atoms with Crippen LogP contribution in [0.3, 0.4) is 0 Å². The van der Waals surface area contributed by atoms with E-state index in [2.05, 4.69) is 10.6 Å². The lowest BCUT2D eigenvalue weighted by Gasteiger charge is -2.09. The number of aryl methyl sites for hydroxylation is 2. The molecule has 7 heteroatoms. The van der Waals surface area contributed by atoms with E-state index in [9.17, 15) is 14.4 Å². The molecule has 0 bridgehead atoms. The minimum atomic E-state index is -0.734. The van der Waals surface area contributed by atoms with Crippen molar-refractivity contribution in [1.82, 2.24) is 5.32 Å². The Morgan fingerprint density at radius 3 is 2.68 bits per heavy atom. The van der Waals surface area contributed by atoms with Gasteiger partial charge in [0.05, 0.1) is 6.26 Å². The van der Waals surface area contributed by atoms with E-state index < -0.39 is 24.5 Å². The van der Waals surface area contributed by atoms with Crippen molar-refractivity contribution in [3.63, 3.8) is 0 Å². The minimum Gasteiger partial charge on any atom is -0.465 e. The van der Waals surface area contributed by atoms with Gasteiger partial charge in [-0.1, -0.05) is 17.7 Å². The highest BCUT2D eigenvalue weighted by atomic mass is 16.5. The third-order valence-corrected chi connectivity index (χ3v) is 3.16. The summed E-state index contributed by atoms with van der Waals surface area (Å²) in [7, 11) is 0. The first-order valence-electron chi connectivity index (χ1n) is 7.50. The van der Waals surface area contributed by atoms with Gasteiger partial charge in [-0.3, -0.25) is 10.1 Å². The van der Waals surface area contributed by atoms with Crippen molar-refractivity contribution in [2.24, 2.45) is 0 Å². The average Bonchev–Trinajstić information content (AvgIpc) is 3.07. The van der Waals surface area contributed by atoms with Gasteiger partial charge in [-0.15, -0.1) is 0 Å². The summed E-state index contributed by atoms with van der Waals surface area (Å²) in [6.45, 7) is 3.22. The molecular formula is C18H18N2O5. The van der Waals surface area contributed by atoms with E-state index in [4.69, 9.17) is 9.15 Å². The Morgan fingerprint density at radius 2 is 2.00 bits per heavy atom. The maximum absolute atomic E-state index is 11.8. The van der Waals surface area contributed by atoms with Crippen LogP contribution in [0.2, 0.25) is 0 Å². The quantitative estimate of drug-likeness (QED) is 0.643. The predicted molar refractivity (Wildman–Crippen MR) is 91.8 cm³/mol. The van der Waals surface area contributed by atoms with Gasteiger partial charge in [-0.25, -0.2) is 9.59 Å². The summed E-state index contributed by atoms with van der Waals surface area (Å²) in [6, 6.07) is 8.14. The first kappa shape index (κ1) is 18.0. The molecular weight excluding hydrogens is 324 g/mol. The molecule has 0 atom stereocenters. The van der Waals surface area contributed by atoms with Crippen molar-refractivity contribution in [2.45, 2.75) is 13.8 Å². The van der Waals surface area contributed by atoms with Gasteiger partial charge >= 0.3 is 12.0 Å². The van der Waals surface area contributed by atoms with Crippen LogP contribution in [0.1, 0.15) is 16.9 Å². The van der Waals surface area contributed by atoms with Gasteiger partial charge in [0.25, 0.3) is 5.91 Å². The number of anilines is 1. The predicted octanol–water partition coefficient (Wildman–Crippen LogP) is 2.80. The first-order chi connectivity index (χ1) is 11.9. The molecule has 2 N–H and O–H groups in total. The summed E-state index contributed by atoms with van der Waals surface area (Å²) in [6.07, 6.45) is 4.00. The molecule has 0 radical (unpaired) electrons. The molecule has 1 aromatic carbocycles. The number of urea groups is 1. The van der Waals surface area contributed by atoms with E-state index in [0.717, 1.165) is 17.2 Å². The summed E-state index contributed by atoms with van der Waals surface area (Å²) in [5.74, 6) is -0.974. The third kappa shape index (κ3) is 5.98. The van der Waals surface area contributed by atoms with Gasteiger partial charge in [0.1, 0.15) is 5.76 Å². The molecule has 1 aromatic heterocycles. The SMILES string of the molecule is Cc1ccc(NC(=O)NC(=O)COC(=O)/C=C/c2ccco2)c(C)c1. The molecule has 130 valence electrons. The lowest BCUT2D eigenvalue weighted by atomic mass is 10.1. The zero-order valence-corrected chi connectivity index (χ0v) is 13.9. The van der Waals surface area contributed by atoms with E-state index in [1.54, 1.807) is 18.2 Å². The Kier molecular flexibility index (Phi) is 6.11. The van der Waals surface area contributed by atoms with Crippen LogP contribution in [-0.2, 0) is 14.3 Å². The standard InChI is InChI=1S/C18H18N2O5/c1-12-5-7-15(13(2)10-12)19-18(23)20-16(21)11-25-17(22)8-6-14-4-3-9-24-14/h3-10H,11H2,1-2H3,(H2,19,20,21,23)/b8-6+. The second-order valence-corrected chi connectivity index (χ2v) is 5.28. The number of amides is 3. The molecule has 0 fully saturated rings. The smallest absolute Gasteiger partial charge is 0.331 e. The van der Waals surface area contributed by atoms with Crippen molar-refractivity contribution in [3.8, 4) is 0 Å². The van der Waals surface area contributed by atoms with Gasteiger partial charge in [0.15, 0.2) is 6.61 Å². The number of furan rings is 1. The van der Waals surface area contributed by atoms with Crippen LogP contribution in [0.25, 0.3) is 6.08 Å². The molecule has 3 amide bonds. The van der Waals surface area contributed by atoms with Gasteiger partial charge in [-0.05, 0) is 43.7 Å². The Labute approximate surface area is 144 Å². The lowest BCUT2D eigenvalue weighted by molar-refractivity contribution is -0.143. The van der Waals surface area contributed by atoms with Crippen LogP contribution in [0.4, 0.5) is 10.5 Å². The van der Waals surface area contributed by atoms with Crippen molar-refractivity contribution < 1.29 is 23.5 Å². The molecule has 2 aromatic rings. The number of imide groups is 1. The highest BCUT2D eigenvalue weighted by Crippen LogP contribution is 2.15. The van der Waals surface area contributed by atoms with Crippen LogP contribution in [0, 0.1) is 13.8 Å². The monoisotopic (exact) mass is 342 g/mol. The zero-order valence-electron chi connectivity index (χ0n) is 13.9. The van der Waals surface area contributed by atoms with E-state index in [-0.39, 0.29) is 0 Å². The molecule has 7 nitrogen and oxygen atoms in total. The van der Waals surface area contributed by atoms with E-state index >= 15 is 0 Å². The van der Waals surface area contributed by atoms with Gasteiger partial charge in [0.2, 0.25) is 0 Å². The van der Waals surface area contributed by atoms with Crippen molar-refractivity contribution >= 4 is 29.7 Å². The normalized spacial score (nSPS) is 10.5. The van der Waals surface area contributed by atoms with Gasteiger partial charge in [-0.2, -0.15) is 0 Å². The fourth-order valence-electron chi connectivity index (χ4n) is 1.99. The number of hydrogen-bond acceptors (Lipinski definition) is 5. The maximum Gasteiger partial charge on any atom is 0.331 e. The summed E-state index contributed by atoms with van der Waals surface area (Å²) in [5.41, 5.74) is 2.53. The number of carbonyl (C=O) groups excluding carboxylic acids is 3. The molecule has 2 rings (SSSR count). The molecule has 1 heterocycles. The Hall–Kier alpha value is -3.35. The lowest BCUT2D eigenvalue weighted by Crippen LogP contribution is -2.37. The highest BCUT2D eigenvalue weighted by Gasteiger charge is 2.11. The summed E-state index contributed by atoms with van der Waals surface area (Å²) >= 11 is 0. The molecule has 25 heavy (non-hydrogen) atoms. The maximum atomic E-state index is 11.8. The number of rotatable bonds is 5. The number of benzene rings is 1. The number of nitrogens with one attached hydrogen (secondary N) is 2. The second-order valence-electron chi connectivity index (χ2n) is 5.28. The van der Waals surface area contributed by atoms with Gasteiger partial charge < -0.3 is 14.5 Å². The van der Waals surface area contributed by atoms with Crippen molar-refractivity contribution in [1.29, 1.82) is 0 Å². The second kappa shape index (κ2) is 8.49. The average molecular weight is 342 g/mol. The fraction of sp³-hybridized carbons (Fsp3) is 0.167. The van der Waals surface area contributed by atoms with Crippen LogP contribution < -0.4 is 10.6 Å².